The van der Waals surface area contributed by atoms with Crippen LogP contribution >= 0.6 is 0 Å². The number of hydrogen-bond acceptors (Lipinski definition) is 3. The van der Waals surface area contributed by atoms with Crippen LogP contribution in [0.15, 0.2) is 16.9 Å². The average Bonchev–Trinajstić information content (AvgIpc) is 2.17. The molecule has 16 heavy (non-hydrogen) atoms. The van der Waals surface area contributed by atoms with Gasteiger partial charge in [-0.05, 0) is 25.5 Å². The molecule has 0 fully saturated rings. The second-order valence-corrected chi connectivity index (χ2v) is 5.20. The topological polar surface area (TPSA) is 46.9 Å². The van der Waals surface area contributed by atoms with Crippen LogP contribution < -0.4 is 10.9 Å². The Morgan fingerprint density at radius 3 is 2.56 bits per heavy atom. The number of aryl methyl sites for hydroxylation is 1. The summed E-state index contributed by atoms with van der Waals surface area (Å²) < 4.78 is 1.53. The van der Waals surface area contributed by atoms with Gasteiger partial charge in [0, 0.05) is 12.1 Å². The summed E-state index contributed by atoms with van der Waals surface area (Å²) in [7, 11) is 1.91. The second kappa shape index (κ2) is 4.78. The molecule has 1 heterocycles. The highest BCUT2D eigenvalue weighted by Gasteiger charge is 2.23. The van der Waals surface area contributed by atoms with E-state index in [1.807, 2.05) is 14.0 Å². The van der Waals surface area contributed by atoms with E-state index in [4.69, 9.17) is 0 Å². The van der Waals surface area contributed by atoms with Crippen molar-refractivity contribution in [1.82, 2.24) is 15.1 Å². The molecule has 4 nitrogen and oxygen atoms in total. The number of likely N-dealkylation sites (N-methyl/N-ethyl adjacent to an activating group) is 1. The van der Waals surface area contributed by atoms with Crippen molar-refractivity contribution in [3.63, 3.8) is 0 Å². The van der Waals surface area contributed by atoms with Gasteiger partial charge in [0.2, 0.25) is 0 Å². The molecule has 0 saturated carbocycles. The summed E-state index contributed by atoms with van der Waals surface area (Å²) in [5, 5.41) is 7.48. The molecule has 1 N–H and O–H groups in total. The first-order valence-corrected chi connectivity index (χ1v) is 5.56. The molecule has 1 aromatic heterocycles. The van der Waals surface area contributed by atoms with Crippen molar-refractivity contribution in [2.45, 2.75) is 40.3 Å². The molecule has 1 atom stereocenters. The van der Waals surface area contributed by atoms with Gasteiger partial charge in [-0.2, -0.15) is 5.10 Å². The molecule has 1 rings (SSSR count). The SMILES string of the molecule is CNC(Cn1nc(C)ccc1=O)C(C)(C)C. The smallest absolute Gasteiger partial charge is 0.266 e. The molecule has 90 valence electrons. The van der Waals surface area contributed by atoms with Crippen molar-refractivity contribution in [1.29, 1.82) is 0 Å². The third-order valence-corrected chi connectivity index (χ3v) is 2.75. The van der Waals surface area contributed by atoms with Crippen molar-refractivity contribution >= 4 is 0 Å². The summed E-state index contributed by atoms with van der Waals surface area (Å²) in [6.45, 7) is 8.93. The van der Waals surface area contributed by atoms with Crippen LogP contribution in [0.25, 0.3) is 0 Å². The molecule has 0 saturated heterocycles. The molecular formula is C12H21N3O. The van der Waals surface area contributed by atoms with Crippen LogP contribution in [0, 0.1) is 12.3 Å². The first kappa shape index (κ1) is 12.9. The fraction of sp³-hybridized carbons (Fsp3) is 0.667. The molecule has 0 aliphatic heterocycles. The Bertz CT molecular complexity index is 403. The Kier molecular flexibility index (Phi) is 3.86. The van der Waals surface area contributed by atoms with Crippen LogP contribution in [-0.4, -0.2) is 22.9 Å². The van der Waals surface area contributed by atoms with E-state index in [-0.39, 0.29) is 17.0 Å². The van der Waals surface area contributed by atoms with Crippen molar-refractivity contribution in [3.05, 3.63) is 28.2 Å². The van der Waals surface area contributed by atoms with E-state index in [1.54, 1.807) is 12.1 Å². The van der Waals surface area contributed by atoms with Gasteiger partial charge < -0.3 is 5.32 Å². The van der Waals surface area contributed by atoms with Gasteiger partial charge in [0.1, 0.15) is 0 Å². The summed E-state index contributed by atoms with van der Waals surface area (Å²) in [6.07, 6.45) is 0. The predicted octanol–water partition coefficient (Wildman–Crippen LogP) is 1.19. The summed E-state index contributed by atoms with van der Waals surface area (Å²) in [6, 6.07) is 3.53. The molecule has 0 amide bonds. The molecule has 1 aromatic rings. The number of hydrogen-bond donors (Lipinski definition) is 1. The van der Waals surface area contributed by atoms with Crippen molar-refractivity contribution < 1.29 is 0 Å². The standard InChI is InChI=1S/C12H21N3O/c1-9-6-7-11(16)15(14-9)8-10(13-5)12(2,3)4/h6-7,10,13H,8H2,1-5H3. The quantitative estimate of drug-likeness (QED) is 0.837. The molecule has 0 radical (unpaired) electrons. The highest BCUT2D eigenvalue weighted by Crippen LogP contribution is 2.19. The Morgan fingerprint density at radius 1 is 1.44 bits per heavy atom. The molecule has 0 aromatic carbocycles. The van der Waals surface area contributed by atoms with Crippen LogP contribution in [0.2, 0.25) is 0 Å². The third kappa shape index (κ3) is 3.17. The minimum absolute atomic E-state index is 0.0462. The van der Waals surface area contributed by atoms with Gasteiger partial charge in [0.25, 0.3) is 5.56 Å². The summed E-state index contributed by atoms with van der Waals surface area (Å²) >= 11 is 0. The summed E-state index contributed by atoms with van der Waals surface area (Å²) in [5.74, 6) is 0. The normalized spacial score (nSPS) is 13.8. The minimum atomic E-state index is -0.0462. The van der Waals surface area contributed by atoms with Crippen LogP contribution in [0.5, 0.6) is 0 Å². The first-order valence-electron chi connectivity index (χ1n) is 5.56. The van der Waals surface area contributed by atoms with E-state index >= 15 is 0 Å². The second-order valence-electron chi connectivity index (χ2n) is 5.20. The van der Waals surface area contributed by atoms with Gasteiger partial charge in [-0.15, -0.1) is 0 Å². The van der Waals surface area contributed by atoms with Gasteiger partial charge in [-0.1, -0.05) is 20.8 Å². The van der Waals surface area contributed by atoms with Crippen molar-refractivity contribution in [3.8, 4) is 0 Å². The number of nitrogens with zero attached hydrogens (tertiary/aromatic N) is 2. The molecule has 1 unspecified atom stereocenters. The van der Waals surface area contributed by atoms with Gasteiger partial charge in [-0.3, -0.25) is 4.79 Å². The highest BCUT2D eigenvalue weighted by atomic mass is 16.1. The monoisotopic (exact) mass is 223 g/mol. The van der Waals surface area contributed by atoms with Gasteiger partial charge in [-0.25, -0.2) is 4.68 Å². The Morgan fingerprint density at radius 2 is 2.06 bits per heavy atom. The van der Waals surface area contributed by atoms with Crippen molar-refractivity contribution in [2.75, 3.05) is 7.05 Å². The summed E-state index contributed by atoms with van der Waals surface area (Å²) in [4.78, 5) is 11.6. The average molecular weight is 223 g/mol. The predicted molar refractivity (Wildman–Crippen MR) is 65.5 cm³/mol. The van der Waals surface area contributed by atoms with E-state index in [0.717, 1.165) is 5.69 Å². The maximum absolute atomic E-state index is 11.6. The maximum atomic E-state index is 11.6. The Labute approximate surface area is 96.7 Å². The lowest BCUT2D eigenvalue weighted by atomic mass is 9.87. The van der Waals surface area contributed by atoms with Crippen LogP contribution in [-0.2, 0) is 6.54 Å². The molecule has 4 heteroatoms. The van der Waals surface area contributed by atoms with Crippen molar-refractivity contribution in [2.24, 2.45) is 5.41 Å². The van der Waals surface area contributed by atoms with Gasteiger partial charge in [0.05, 0.1) is 12.2 Å². The molecule has 0 aliphatic carbocycles. The van der Waals surface area contributed by atoms with E-state index in [1.165, 1.54) is 4.68 Å². The zero-order valence-electron chi connectivity index (χ0n) is 10.7. The number of aromatic nitrogens is 2. The summed E-state index contributed by atoms with van der Waals surface area (Å²) in [5.41, 5.74) is 0.915. The lowest BCUT2D eigenvalue weighted by Gasteiger charge is -2.30. The highest BCUT2D eigenvalue weighted by molar-refractivity contribution is 4.97. The van der Waals surface area contributed by atoms with Crippen LogP contribution in [0.3, 0.4) is 0 Å². The number of nitrogens with one attached hydrogen (secondary N) is 1. The van der Waals surface area contributed by atoms with Crippen LogP contribution in [0.1, 0.15) is 26.5 Å². The first-order chi connectivity index (χ1) is 7.34. The Balaban J connectivity index is 2.95. The maximum Gasteiger partial charge on any atom is 0.266 e. The van der Waals surface area contributed by atoms with Gasteiger partial charge >= 0.3 is 0 Å². The van der Waals surface area contributed by atoms with Crippen LogP contribution in [0.4, 0.5) is 0 Å². The fourth-order valence-corrected chi connectivity index (χ4v) is 1.65. The molecule has 0 spiro atoms. The zero-order chi connectivity index (χ0) is 12.3. The Hall–Kier alpha value is -1.16. The molecule has 0 aliphatic rings. The zero-order valence-corrected chi connectivity index (χ0v) is 10.7. The largest absolute Gasteiger partial charge is 0.315 e. The molecule has 0 bridgehead atoms. The van der Waals surface area contributed by atoms with E-state index in [2.05, 4.69) is 31.2 Å². The van der Waals surface area contributed by atoms with E-state index in [0.29, 0.717) is 6.54 Å². The fourth-order valence-electron chi connectivity index (χ4n) is 1.65. The lowest BCUT2D eigenvalue weighted by molar-refractivity contribution is 0.243. The number of rotatable bonds is 3. The van der Waals surface area contributed by atoms with Gasteiger partial charge in [0.15, 0.2) is 0 Å². The van der Waals surface area contributed by atoms with E-state index < -0.39 is 0 Å². The minimum Gasteiger partial charge on any atom is -0.315 e. The lowest BCUT2D eigenvalue weighted by Crippen LogP contribution is -2.44. The third-order valence-electron chi connectivity index (χ3n) is 2.75. The van der Waals surface area contributed by atoms with E-state index in [9.17, 15) is 4.79 Å². The molecular weight excluding hydrogens is 202 g/mol.